The van der Waals surface area contributed by atoms with Crippen LogP contribution in [0.1, 0.15) is 50.0 Å². The maximum absolute atomic E-state index is 13.2. The fourth-order valence-electron chi connectivity index (χ4n) is 5.54. The number of aromatic nitrogens is 4. The summed E-state index contributed by atoms with van der Waals surface area (Å²) in [6.07, 6.45) is 10.9. The summed E-state index contributed by atoms with van der Waals surface area (Å²) in [6.45, 7) is 2.08. The highest BCUT2D eigenvalue weighted by atomic mass is 32.2. The van der Waals surface area contributed by atoms with Crippen molar-refractivity contribution in [1.82, 2.24) is 24.5 Å². The van der Waals surface area contributed by atoms with Gasteiger partial charge in [-0.05, 0) is 62.0 Å². The fourth-order valence-corrected chi connectivity index (χ4v) is 7.48. The number of nitrogens with one attached hydrogen (secondary N) is 1. The van der Waals surface area contributed by atoms with E-state index in [0.717, 1.165) is 60.5 Å². The largest absolute Gasteiger partial charge is 0.382 e. The number of nitrogens with zero attached hydrogens (tertiary/aromatic N) is 4. The minimum atomic E-state index is -3.30. The Morgan fingerprint density at radius 3 is 2.79 bits per heavy atom. The number of hydrogen-bond acceptors (Lipinski definition) is 7. The summed E-state index contributed by atoms with van der Waals surface area (Å²) in [4.78, 5) is 8.76. The van der Waals surface area contributed by atoms with Crippen LogP contribution in [0.15, 0.2) is 24.7 Å². The Morgan fingerprint density at radius 2 is 1.97 bits per heavy atom. The van der Waals surface area contributed by atoms with Gasteiger partial charge in [0.2, 0.25) is 10.0 Å². The minimum Gasteiger partial charge on any atom is -0.382 e. The van der Waals surface area contributed by atoms with Crippen molar-refractivity contribution >= 4 is 32.0 Å². The highest BCUT2D eigenvalue weighted by Gasteiger charge is 2.33. The minimum absolute atomic E-state index is 0.0397. The molecule has 0 amide bonds. The van der Waals surface area contributed by atoms with Crippen LogP contribution < -0.4 is 0 Å². The lowest BCUT2D eigenvalue weighted by molar-refractivity contribution is -0.00658. The zero-order valence-electron chi connectivity index (χ0n) is 19.6. The second kappa shape index (κ2) is 10.2. The van der Waals surface area contributed by atoms with Crippen molar-refractivity contribution < 1.29 is 17.9 Å². The molecular weight excluding hydrogens is 454 g/mol. The Bertz CT molecular complexity index is 1220. The molecule has 0 bridgehead atoms. The Labute approximate surface area is 200 Å². The number of piperidine rings is 1. The normalized spacial score (nSPS) is 24.7. The van der Waals surface area contributed by atoms with E-state index in [4.69, 9.17) is 9.47 Å². The van der Waals surface area contributed by atoms with E-state index in [9.17, 15) is 8.42 Å². The van der Waals surface area contributed by atoms with Gasteiger partial charge in [-0.15, -0.1) is 0 Å². The molecule has 184 valence electrons. The summed E-state index contributed by atoms with van der Waals surface area (Å²) in [5, 5.41) is 9.60. The lowest BCUT2D eigenvalue weighted by Crippen LogP contribution is -2.45. The first-order valence-electron chi connectivity index (χ1n) is 12.2. The number of pyridine rings is 1. The molecule has 34 heavy (non-hydrogen) atoms. The Balaban J connectivity index is 1.22. The zero-order valence-corrected chi connectivity index (χ0v) is 20.5. The van der Waals surface area contributed by atoms with Crippen LogP contribution in [0.3, 0.4) is 0 Å². The quantitative estimate of drug-likeness (QED) is 0.486. The van der Waals surface area contributed by atoms with Crippen LogP contribution in [0, 0.1) is 5.92 Å². The standard InChI is InChI=1S/C24H33N5O4S/c1-32-11-12-33-19-3-2-10-29(15-19)34(30,31)16-17-4-6-18(7-5-17)21-13-27-28-22-14-26-24-20(23(21)22)8-9-25-24/h8-9,13-14,17-19,28H,2-7,10-12,15-16H2,1H3. The number of sulfonamides is 1. The SMILES string of the molecule is COCCOC1CCCN(S(=O)(=O)CC2CCC(c3cn[nH]c4cnc5nccc5c34)CC2)C1. The molecule has 1 saturated heterocycles. The molecule has 1 aliphatic heterocycles. The van der Waals surface area contributed by atoms with Gasteiger partial charge in [0, 0.05) is 37.2 Å². The molecular formula is C24H33N5O4S. The van der Waals surface area contributed by atoms with E-state index in [0.29, 0.717) is 32.2 Å². The molecule has 1 saturated carbocycles. The number of methoxy groups -OCH3 is 1. The van der Waals surface area contributed by atoms with Crippen molar-refractivity contribution in [3.8, 4) is 0 Å². The molecule has 1 unspecified atom stereocenters. The van der Waals surface area contributed by atoms with Gasteiger partial charge in [-0.25, -0.2) is 18.4 Å². The molecule has 1 N–H and O–H groups in total. The summed E-state index contributed by atoms with van der Waals surface area (Å²) in [5.74, 6) is 0.776. The first-order chi connectivity index (χ1) is 16.5. The van der Waals surface area contributed by atoms with Gasteiger partial charge < -0.3 is 9.47 Å². The number of hydrogen-bond donors (Lipinski definition) is 1. The first-order valence-corrected chi connectivity index (χ1v) is 13.8. The van der Waals surface area contributed by atoms with E-state index in [1.165, 1.54) is 5.56 Å². The van der Waals surface area contributed by atoms with E-state index in [1.807, 2.05) is 12.3 Å². The number of rotatable bonds is 8. The summed E-state index contributed by atoms with van der Waals surface area (Å²) < 4.78 is 38.9. The molecule has 2 fully saturated rings. The second-order valence-corrected chi connectivity index (χ2v) is 11.5. The third kappa shape index (κ3) is 4.95. The van der Waals surface area contributed by atoms with Crippen LogP contribution in [-0.4, -0.2) is 78.2 Å². The monoisotopic (exact) mass is 487 g/mol. The summed E-state index contributed by atoms with van der Waals surface area (Å²) in [7, 11) is -1.66. The molecule has 3 aromatic rings. The highest BCUT2D eigenvalue weighted by molar-refractivity contribution is 7.89. The van der Waals surface area contributed by atoms with Gasteiger partial charge in [0.25, 0.3) is 0 Å². The third-order valence-corrected chi connectivity index (χ3v) is 9.33. The molecule has 5 rings (SSSR count). The lowest BCUT2D eigenvalue weighted by Gasteiger charge is -2.34. The average Bonchev–Trinajstić information content (AvgIpc) is 3.34. The molecule has 1 atom stereocenters. The number of ether oxygens (including phenoxy) is 2. The summed E-state index contributed by atoms with van der Waals surface area (Å²) in [5.41, 5.74) is 2.87. The molecule has 0 radical (unpaired) electrons. The van der Waals surface area contributed by atoms with Crippen molar-refractivity contribution in [2.75, 3.05) is 39.2 Å². The van der Waals surface area contributed by atoms with E-state index < -0.39 is 10.0 Å². The van der Waals surface area contributed by atoms with Crippen LogP contribution >= 0.6 is 0 Å². The maximum Gasteiger partial charge on any atom is 0.214 e. The van der Waals surface area contributed by atoms with Gasteiger partial charge in [-0.2, -0.15) is 9.40 Å². The van der Waals surface area contributed by atoms with E-state index in [-0.39, 0.29) is 17.8 Å². The van der Waals surface area contributed by atoms with Crippen molar-refractivity contribution in [1.29, 1.82) is 0 Å². The average molecular weight is 488 g/mol. The number of H-pyrrole nitrogens is 1. The predicted octanol–water partition coefficient (Wildman–Crippen LogP) is 3.24. The van der Waals surface area contributed by atoms with Crippen molar-refractivity contribution in [2.24, 2.45) is 5.92 Å². The van der Waals surface area contributed by atoms with Crippen molar-refractivity contribution in [3.05, 3.63) is 30.2 Å². The molecule has 9 nitrogen and oxygen atoms in total. The molecule has 3 aromatic heterocycles. The van der Waals surface area contributed by atoms with Crippen LogP contribution in [0.5, 0.6) is 0 Å². The zero-order chi connectivity index (χ0) is 23.5. The van der Waals surface area contributed by atoms with Crippen LogP contribution in [0.4, 0.5) is 0 Å². The molecule has 1 aliphatic carbocycles. The van der Waals surface area contributed by atoms with Crippen molar-refractivity contribution in [3.63, 3.8) is 0 Å². The third-order valence-electron chi connectivity index (χ3n) is 7.32. The fraction of sp³-hybridized carbons (Fsp3) is 0.625. The molecule has 2 aliphatic rings. The smallest absolute Gasteiger partial charge is 0.214 e. The first kappa shape index (κ1) is 23.6. The van der Waals surface area contributed by atoms with Gasteiger partial charge in [0.05, 0.1) is 43.0 Å². The van der Waals surface area contributed by atoms with Crippen LogP contribution in [-0.2, 0) is 19.5 Å². The van der Waals surface area contributed by atoms with Gasteiger partial charge in [0.1, 0.15) is 0 Å². The van der Waals surface area contributed by atoms with Crippen molar-refractivity contribution in [2.45, 2.75) is 50.5 Å². The Kier molecular flexibility index (Phi) is 7.10. The van der Waals surface area contributed by atoms with E-state index in [1.54, 1.807) is 23.8 Å². The predicted molar refractivity (Wildman–Crippen MR) is 130 cm³/mol. The molecule has 0 spiro atoms. The lowest BCUT2D eigenvalue weighted by atomic mass is 9.79. The molecule has 4 heterocycles. The van der Waals surface area contributed by atoms with Crippen LogP contribution in [0.2, 0.25) is 0 Å². The van der Waals surface area contributed by atoms with Gasteiger partial charge in [-0.3, -0.25) is 5.10 Å². The Morgan fingerprint density at radius 1 is 1.12 bits per heavy atom. The van der Waals surface area contributed by atoms with E-state index in [2.05, 4.69) is 20.2 Å². The number of fused-ring (bicyclic) bond motifs is 3. The van der Waals surface area contributed by atoms with Crippen LogP contribution in [0.25, 0.3) is 21.9 Å². The Hall–Kier alpha value is -2.14. The van der Waals surface area contributed by atoms with Gasteiger partial charge in [-0.1, -0.05) is 0 Å². The number of aromatic amines is 1. The highest BCUT2D eigenvalue weighted by Crippen LogP contribution is 2.40. The summed E-state index contributed by atoms with van der Waals surface area (Å²) in [6, 6.07) is 2.01. The molecule has 10 heteroatoms. The maximum atomic E-state index is 13.2. The molecule has 0 aromatic carbocycles. The second-order valence-electron chi connectivity index (χ2n) is 9.54. The topological polar surface area (TPSA) is 110 Å². The van der Waals surface area contributed by atoms with Gasteiger partial charge >= 0.3 is 0 Å². The summed E-state index contributed by atoms with van der Waals surface area (Å²) >= 11 is 0. The van der Waals surface area contributed by atoms with E-state index >= 15 is 0 Å². The van der Waals surface area contributed by atoms with Gasteiger partial charge in [0.15, 0.2) is 5.65 Å².